The van der Waals surface area contributed by atoms with E-state index >= 15 is 0 Å². The third-order valence-electron chi connectivity index (χ3n) is 5.86. The molecule has 1 aromatic heterocycles. The van der Waals surface area contributed by atoms with Gasteiger partial charge in [-0.3, -0.25) is 10.1 Å². The van der Waals surface area contributed by atoms with Crippen molar-refractivity contribution < 1.29 is 18.7 Å². The first-order valence-corrected chi connectivity index (χ1v) is 12.3. The van der Waals surface area contributed by atoms with Gasteiger partial charge in [0.1, 0.15) is 11.6 Å². The minimum Gasteiger partial charge on any atom is -0.462 e. The number of nitrogens with zero attached hydrogens (tertiary/aromatic N) is 2. The summed E-state index contributed by atoms with van der Waals surface area (Å²) in [6, 6.07) is 20.7. The quantitative estimate of drug-likeness (QED) is 0.275. The van der Waals surface area contributed by atoms with Crippen LogP contribution in [0.15, 0.2) is 93.5 Å². The van der Waals surface area contributed by atoms with Gasteiger partial charge in [-0.25, -0.2) is 9.79 Å². The second-order valence-corrected chi connectivity index (χ2v) is 8.84. The van der Waals surface area contributed by atoms with Crippen molar-refractivity contribution in [2.45, 2.75) is 19.9 Å². The zero-order valence-corrected chi connectivity index (χ0v) is 21.4. The Hall–Kier alpha value is -4.63. The number of fused-ring (bicyclic) bond motifs is 1. The van der Waals surface area contributed by atoms with E-state index in [4.69, 9.17) is 25.7 Å². The SMILES string of the molecule is CCOC(=O)c1ccc(NC(=O)C2=C(C)NC(Nc3nc4ccccc4o3)=NC2c2ccccc2Cl)cc1. The predicted molar refractivity (Wildman–Crippen MR) is 146 cm³/mol. The minimum atomic E-state index is -0.712. The Morgan fingerprint density at radius 1 is 1.05 bits per heavy atom. The molecule has 0 radical (unpaired) electrons. The van der Waals surface area contributed by atoms with Crippen molar-refractivity contribution in [3.63, 3.8) is 0 Å². The molecule has 1 aliphatic rings. The van der Waals surface area contributed by atoms with E-state index in [1.54, 1.807) is 44.2 Å². The number of carbonyl (C=O) groups is 2. The molecule has 2 heterocycles. The summed E-state index contributed by atoms with van der Waals surface area (Å²) in [5.74, 6) is -0.435. The van der Waals surface area contributed by atoms with E-state index in [2.05, 4.69) is 20.9 Å². The summed E-state index contributed by atoms with van der Waals surface area (Å²) in [4.78, 5) is 34.7. The third kappa shape index (κ3) is 5.23. The first-order valence-electron chi connectivity index (χ1n) is 11.9. The van der Waals surface area contributed by atoms with Crippen molar-refractivity contribution in [3.05, 3.63) is 100 Å². The maximum Gasteiger partial charge on any atom is 0.338 e. The van der Waals surface area contributed by atoms with Gasteiger partial charge in [0, 0.05) is 22.0 Å². The molecule has 1 amide bonds. The molecule has 0 saturated heterocycles. The molecule has 1 unspecified atom stereocenters. The molecule has 0 spiro atoms. The lowest BCUT2D eigenvalue weighted by Crippen LogP contribution is -2.37. The van der Waals surface area contributed by atoms with E-state index in [1.807, 2.05) is 42.5 Å². The van der Waals surface area contributed by atoms with Crippen LogP contribution >= 0.6 is 11.6 Å². The molecule has 1 aliphatic heterocycles. The van der Waals surface area contributed by atoms with Crippen LogP contribution in [0.3, 0.4) is 0 Å². The third-order valence-corrected chi connectivity index (χ3v) is 6.20. The van der Waals surface area contributed by atoms with Crippen LogP contribution in [0.1, 0.15) is 35.8 Å². The first kappa shape index (κ1) is 25.0. The normalized spacial score (nSPS) is 15.0. The van der Waals surface area contributed by atoms with Crippen LogP contribution in [-0.2, 0) is 9.53 Å². The van der Waals surface area contributed by atoms with Gasteiger partial charge in [0.2, 0.25) is 5.96 Å². The number of guanidine groups is 1. The highest BCUT2D eigenvalue weighted by atomic mass is 35.5. The van der Waals surface area contributed by atoms with Crippen LogP contribution in [0.4, 0.5) is 11.7 Å². The molecule has 9 nitrogen and oxygen atoms in total. The van der Waals surface area contributed by atoms with E-state index in [0.29, 0.717) is 50.2 Å². The summed E-state index contributed by atoms with van der Waals surface area (Å²) >= 11 is 6.53. The number of para-hydroxylation sites is 2. The van der Waals surface area contributed by atoms with Crippen LogP contribution in [0, 0.1) is 0 Å². The molecular formula is C28H24ClN5O4. The molecule has 0 aliphatic carbocycles. The van der Waals surface area contributed by atoms with Gasteiger partial charge in [-0.1, -0.05) is 41.9 Å². The number of anilines is 2. The Balaban J connectivity index is 1.43. The topological polar surface area (TPSA) is 118 Å². The maximum absolute atomic E-state index is 13.5. The van der Waals surface area contributed by atoms with E-state index in [9.17, 15) is 9.59 Å². The lowest BCUT2D eigenvalue weighted by Gasteiger charge is -2.27. The molecule has 4 aromatic rings. The summed E-state index contributed by atoms with van der Waals surface area (Å²) in [6.45, 7) is 3.81. The van der Waals surface area contributed by atoms with Gasteiger partial charge in [0.25, 0.3) is 5.91 Å². The first-order chi connectivity index (χ1) is 18.4. The summed E-state index contributed by atoms with van der Waals surface area (Å²) in [5, 5.41) is 9.56. The number of hydrogen-bond donors (Lipinski definition) is 3. The van der Waals surface area contributed by atoms with Crippen LogP contribution in [0.25, 0.3) is 11.1 Å². The van der Waals surface area contributed by atoms with Gasteiger partial charge >= 0.3 is 12.0 Å². The molecule has 1 atom stereocenters. The molecule has 0 bridgehead atoms. The number of hydrogen-bond acceptors (Lipinski definition) is 8. The van der Waals surface area contributed by atoms with E-state index in [1.165, 1.54) is 0 Å². The van der Waals surface area contributed by atoms with Crippen molar-refractivity contribution in [1.29, 1.82) is 0 Å². The molecular weight excluding hydrogens is 506 g/mol. The predicted octanol–water partition coefficient (Wildman–Crippen LogP) is 5.68. The van der Waals surface area contributed by atoms with Crippen molar-refractivity contribution in [1.82, 2.24) is 10.3 Å². The number of oxazole rings is 1. The van der Waals surface area contributed by atoms with E-state index in [0.717, 1.165) is 0 Å². The van der Waals surface area contributed by atoms with Crippen LogP contribution < -0.4 is 16.0 Å². The molecule has 5 rings (SSSR count). The number of esters is 1. The fourth-order valence-electron chi connectivity index (χ4n) is 4.09. The number of carbonyl (C=O) groups excluding carboxylic acids is 2. The van der Waals surface area contributed by atoms with Crippen molar-refractivity contribution in [2.24, 2.45) is 4.99 Å². The largest absolute Gasteiger partial charge is 0.462 e. The lowest BCUT2D eigenvalue weighted by atomic mass is 9.95. The molecule has 3 aromatic carbocycles. The number of nitrogens with one attached hydrogen (secondary N) is 3. The Morgan fingerprint density at radius 2 is 1.79 bits per heavy atom. The van der Waals surface area contributed by atoms with E-state index in [-0.39, 0.29) is 18.5 Å². The molecule has 192 valence electrons. The molecule has 38 heavy (non-hydrogen) atoms. The Labute approximate surface area is 223 Å². The summed E-state index contributed by atoms with van der Waals surface area (Å²) < 4.78 is 10.8. The van der Waals surface area contributed by atoms with Crippen molar-refractivity contribution in [3.8, 4) is 0 Å². The van der Waals surface area contributed by atoms with Gasteiger partial charge in [-0.2, -0.15) is 4.98 Å². The summed E-state index contributed by atoms with van der Waals surface area (Å²) in [7, 11) is 0. The minimum absolute atomic E-state index is 0.262. The second-order valence-electron chi connectivity index (χ2n) is 8.43. The number of benzene rings is 3. The highest BCUT2D eigenvalue weighted by molar-refractivity contribution is 6.31. The Morgan fingerprint density at radius 3 is 2.53 bits per heavy atom. The number of halogens is 1. The fraction of sp³-hybridized carbons (Fsp3) is 0.143. The molecule has 3 N–H and O–H groups in total. The number of rotatable bonds is 6. The van der Waals surface area contributed by atoms with Gasteiger partial charge < -0.3 is 19.8 Å². The zero-order valence-electron chi connectivity index (χ0n) is 20.6. The van der Waals surface area contributed by atoms with Crippen LogP contribution in [-0.4, -0.2) is 29.4 Å². The number of ether oxygens (including phenoxy) is 1. The zero-order chi connectivity index (χ0) is 26.6. The average Bonchev–Trinajstić information content (AvgIpc) is 3.31. The van der Waals surface area contributed by atoms with Crippen molar-refractivity contribution >= 4 is 52.2 Å². The van der Waals surface area contributed by atoms with Crippen molar-refractivity contribution in [2.75, 3.05) is 17.2 Å². The lowest BCUT2D eigenvalue weighted by molar-refractivity contribution is -0.113. The molecule has 0 saturated carbocycles. The number of aromatic nitrogens is 1. The monoisotopic (exact) mass is 529 g/mol. The molecule has 10 heteroatoms. The Bertz CT molecular complexity index is 1540. The maximum atomic E-state index is 13.5. The van der Waals surface area contributed by atoms with Crippen LogP contribution in [0.5, 0.6) is 0 Å². The van der Waals surface area contributed by atoms with Crippen LogP contribution in [0.2, 0.25) is 5.02 Å². The number of amides is 1. The number of aliphatic imine (C=N–C) groups is 1. The average molecular weight is 530 g/mol. The van der Waals surface area contributed by atoms with Gasteiger partial charge in [-0.05, 0) is 56.3 Å². The summed E-state index contributed by atoms with van der Waals surface area (Å²) in [6.07, 6.45) is 0. The fourth-order valence-corrected chi connectivity index (χ4v) is 4.32. The smallest absolute Gasteiger partial charge is 0.338 e. The summed E-state index contributed by atoms with van der Waals surface area (Å²) in [5.41, 5.74) is 3.87. The second kappa shape index (κ2) is 10.8. The highest BCUT2D eigenvalue weighted by Gasteiger charge is 2.31. The van der Waals surface area contributed by atoms with E-state index < -0.39 is 12.0 Å². The number of allylic oxidation sites excluding steroid dienone is 1. The van der Waals surface area contributed by atoms with Gasteiger partial charge in [0.05, 0.1) is 17.7 Å². The molecule has 0 fully saturated rings. The standard InChI is InChI=1S/C28H24ClN5O4/c1-3-37-26(36)17-12-14-18(15-13-17)31-25(35)23-16(2)30-27(33-24(23)19-8-4-5-9-20(19)29)34-28-32-21-10-6-7-11-22(21)38-28/h4-15,24H,3H2,1-2H3,(H,31,35)(H2,30,32,33,34). The highest BCUT2D eigenvalue weighted by Crippen LogP contribution is 2.35. The van der Waals surface area contributed by atoms with Gasteiger partial charge in [-0.15, -0.1) is 0 Å². The Kier molecular flexibility index (Phi) is 7.10. The van der Waals surface area contributed by atoms with Gasteiger partial charge in [0.15, 0.2) is 5.58 Å².